The number of nitrogens with one attached hydrogen (secondary N) is 1. The second kappa shape index (κ2) is 9.74. The van der Waals surface area contributed by atoms with Gasteiger partial charge in [0.05, 0.1) is 22.6 Å². The summed E-state index contributed by atoms with van der Waals surface area (Å²) in [6, 6.07) is 18.5. The van der Waals surface area contributed by atoms with Gasteiger partial charge in [0.1, 0.15) is 5.82 Å². The van der Waals surface area contributed by atoms with Crippen molar-refractivity contribution >= 4 is 22.6 Å². The molecule has 35 heavy (non-hydrogen) atoms. The third kappa shape index (κ3) is 4.56. The molecule has 0 radical (unpaired) electrons. The number of aromatic nitrogens is 2. The zero-order chi connectivity index (χ0) is 25.3. The van der Waals surface area contributed by atoms with Crippen molar-refractivity contribution in [3.8, 4) is 5.69 Å². The smallest absolute Gasteiger partial charge is 0.315 e. The maximum Gasteiger partial charge on any atom is 0.322 e. The minimum absolute atomic E-state index is 0.146. The van der Waals surface area contributed by atoms with Crippen LogP contribution < -0.4 is 10.9 Å². The van der Waals surface area contributed by atoms with Crippen molar-refractivity contribution in [2.24, 2.45) is 0 Å². The number of rotatable bonds is 5. The number of nitrogens with zero attached hydrogens (tertiary/aromatic N) is 3. The number of carbonyl (C=O) groups excluding carboxylic acids is 1. The fourth-order valence-corrected chi connectivity index (χ4v) is 4.47. The van der Waals surface area contributed by atoms with Crippen molar-refractivity contribution in [3.63, 3.8) is 0 Å². The maximum atomic E-state index is 13.7. The van der Waals surface area contributed by atoms with Crippen LogP contribution in [0.1, 0.15) is 48.0 Å². The highest BCUT2D eigenvalue weighted by Gasteiger charge is 2.26. The molecule has 2 amide bonds. The standard InChI is InChI=1S/C29H32N4O2/c1-7-32(29(35)31-26-19(3)11-10-12-20(26)4)22(6)27-30-25-14-9-8-13-24(25)28(34)33(27)23-16-15-18(2)21(5)17-23/h8-17,22H,7H2,1-6H3,(H,31,35). The summed E-state index contributed by atoms with van der Waals surface area (Å²) in [7, 11) is 0. The van der Waals surface area contributed by atoms with Gasteiger partial charge in [0.25, 0.3) is 5.56 Å². The molecule has 0 saturated carbocycles. The van der Waals surface area contributed by atoms with Gasteiger partial charge in [0.2, 0.25) is 0 Å². The first-order chi connectivity index (χ1) is 16.7. The highest BCUT2D eigenvalue weighted by Crippen LogP contribution is 2.26. The van der Waals surface area contributed by atoms with Crippen molar-refractivity contribution in [3.05, 3.63) is 99.1 Å². The molecule has 0 aliphatic carbocycles. The number of fused-ring (bicyclic) bond motifs is 1. The van der Waals surface area contributed by atoms with Crippen LogP contribution in [0.15, 0.2) is 65.5 Å². The number of amides is 2. The Morgan fingerprint density at radius 2 is 1.63 bits per heavy atom. The number of aryl methyl sites for hydroxylation is 4. The lowest BCUT2D eigenvalue weighted by Crippen LogP contribution is -2.40. The second-order valence-electron chi connectivity index (χ2n) is 9.06. The van der Waals surface area contributed by atoms with E-state index in [0.29, 0.717) is 23.3 Å². The molecular formula is C29H32N4O2. The topological polar surface area (TPSA) is 67.2 Å². The fourth-order valence-electron chi connectivity index (χ4n) is 4.47. The molecule has 4 aromatic rings. The molecule has 1 unspecified atom stereocenters. The average Bonchev–Trinajstić information content (AvgIpc) is 2.83. The van der Waals surface area contributed by atoms with Crippen molar-refractivity contribution in [2.75, 3.05) is 11.9 Å². The molecule has 6 nitrogen and oxygen atoms in total. The van der Waals surface area contributed by atoms with Crippen LogP contribution in [0.5, 0.6) is 0 Å². The van der Waals surface area contributed by atoms with Crippen LogP contribution in [-0.4, -0.2) is 27.0 Å². The number of carbonyl (C=O) groups is 1. The predicted octanol–water partition coefficient (Wildman–Crippen LogP) is 6.23. The lowest BCUT2D eigenvalue weighted by molar-refractivity contribution is 0.193. The first kappa shape index (κ1) is 24.2. The molecule has 1 N–H and O–H groups in total. The van der Waals surface area contributed by atoms with Gasteiger partial charge >= 0.3 is 6.03 Å². The largest absolute Gasteiger partial charge is 0.322 e. The Morgan fingerprint density at radius 3 is 2.29 bits per heavy atom. The average molecular weight is 469 g/mol. The summed E-state index contributed by atoms with van der Waals surface area (Å²) in [5.41, 5.74) is 6.24. The van der Waals surface area contributed by atoms with Crippen LogP contribution in [0.2, 0.25) is 0 Å². The SMILES string of the molecule is CCN(C(=O)Nc1c(C)cccc1C)C(C)c1nc2ccccc2c(=O)n1-c1ccc(C)c(C)c1. The number of benzene rings is 3. The van der Waals surface area contributed by atoms with Crippen LogP contribution in [0.4, 0.5) is 10.5 Å². The Kier molecular flexibility index (Phi) is 6.74. The number of urea groups is 1. The zero-order valence-electron chi connectivity index (χ0n) is 21.2. The fraction of sp³-hybridized carbons (Fsp3) is 0.276. The third-order valence-corrected chi connectivity index (χ3v) is 6.71. The minimum Gasteiger partial charge on any atom is -0.315 e. The molecule has 6 heteroatoms. The van der Waals surface area contributed by atoms with Crippen LogP contribution in [0.25, 0.3) is 16.6 Å². The number of hydrogen-bond acceptors (Lipinski definition) is 3. The first-order valence-corrected chi connectivity index (χ1v) is 12.0. The summed E-state index contributed by atoms with van der Waals surface area (Å²) in [6.45, 7) is 12.3. The van der Waals surface area contributed by atoms with E-state index in [-0.39, 0.29) is 11.6 Å². The molecule has 1 heterocycles. The molecule has 0 aliphatic rings. The van der Waals surface area contributed by atoms with E-state index in [4.69, 9.17) is 4.98 Å². The summed E-state index contributed by atoms with van der Waals surface area (Å²) in [4.78, 5) is 33.8. The molecule has 4 rings (SSSR count). The van der Waals surface area contributed by atoms with Gasteiger partial charge in [-0.05, 0) is 88.1 Å². The van der Waals surface area contributed by atoms with E-state index in [1.54, 1.807) is 15.5 Å². The molecule has 0 saturated heterocycles. The quantitative estimate of drug-likeness (QED) is 0.377. The summed E-state index contributed by atoms with van der Waals surface area (Å²) < 4.78 is 1.65. The van der Waals surface area contributed by atoms with Gasteiger partial charge in [-0.25, -0.2) is 9.78 Å². The summed E-state index contributed by atoms with van der Waals surface area (Å²) >= 11 is 0. The van der Waals surface area contributed by atoms with Gasteiger partial charge in [-0.15, -0.1) is 0 Å². The van der Waals surface area contributed by atoms with Crippen molar-refractivity contribution in [1.82, 2.24) is 14.5 Å². The lowest BCUT2D eigenvalue weighted by atomic mass is 10.1. The van der Waals surface area contributed by atoms with Crippen LogP contribution in [-0.2, 0) is 0 Å². The van der Waals surface area contributed by atoms with Gasteiger partial charge in [-0.3, -0.25) is 9.36 Å². The van der Waals surface area contributed by atoms with E-state index < -0.39 is 6.04 Å². The van der Waals surface area contributed by atoms with E-state index in [2.05, 4.69) is 5.32 Å². The summed E-state index contributed by atoms with van der Waals surface area (Å²) in [6.07, 6.45) is 0. The highest BCUT2D eigenvalue weighted by molar-refractivity contribution is 5.91. The van der Waals surface area contributed by atoms with Crippen LogP contribution in [0, 0.1) is 27.7 Å². The molecule has 0 bridgehead atoms. The molecule has 0 spiro atoms. The molecule has 0 aliphatic heterocycles. The van der Waals surface area contributed by atoms with Gasteiger partial charge in [0.15, 0.2) is 0 Å². The number of hydrogen-bond donors (Lipinski definition) is 1. The Labute approximate surface area is 206 Å². The van der Waals surface area contributed by atoms with Gasteiger partial charge in [-0.1, -0.05) is 36.4 Å². The van der Waals surface area contributed by atoms with Gasteiger partial charge < -0.3 is 10.2 Å². The monoisotopic (exact) mass is 468 g/mol. The van der Waals surface area contributed by atoms with Crippen LogP contribution >= 0.6 is 0 Å². The van der Waals surface area contributed by atoms with Crippen LogP contribution in [0.3, 0.4) is 0 Å². The lowest BCUT2D eigenvalue weighted by Gasteiger charge is -2.30. The number of para-hydroxylation sites is 2. The van der Waals surface area contributed by atoms with Crippen molar-refractivity contribution in [2.45, 2.75) is 47.6 Å². The molecule has 180 valence electrons. The second-order valence-corrected chi connectivity index (χ2v) is 9.06. The van der Waals surface area contributed by atoms with Crippen molar-refractivity contribution in [1.29, 1.82) is 0 Å². The normalized spacial score (nSPS) is 11.9. The number of anilines is 1. The Balaban J connectivity index is 1.84. The third-order valence-electron chi connectivity index (χ3n) is 6.71. The Bertz CT molecular complexity index is 1450. The summed E-state index contributed by atoms with van der Waals surface area (Å²) in [5, 5.41) is 3.63. The minimum atomic E-state index is -0.455. The molecule has 3 aromatic carbocycles. The molecule has 0 fully saturated rings. The Hall–Kier alpha value is -3.93. The highest BCUT2D eigenvalue weighted by atomic mass is 16.2. The zero-order valence-corrected chi connectivity index (χ0v) is 21.2. The Morgan fingerprint density at radius 1 is 0.943 bits per heavy atom. The van der Waals surface area contributed by atoms with E-state index in [0.717, 1.165) is 33.6 Å². The maximum absolute atomic E-state index is 13.7. The van der Waals surface area contributed by atoms with Gasteiger partial charge in [0, 0.05) is 12.2 Å². The van der Waals surface area contributed by atoms with Gasteiger partial charge in [-0.2, -0.15) is 0 Å². The first-order valence-electron chi connectivity index (χ1n) is 12.0. The molecule has 1 atom stereocenters. The van der Waals surface area contributed by atoms with E-state index >= 15 is 0 Å². The van der Waals surface area contributed by atoms with Crippen molar-refractivity contribution < 1.29 is 4.79 Å². The predicted molar refractivity (Wildman–Crippen MR) is 143 cm³/mol. The van der Waals surface area contributed by atoms with E-state index in [1.165, 1.54) is 0 Å². The molecule has 1 aromatic heterocycles. The van der Waals surface area contributed by atoms with E-state index in [9.17, 15) is 9.59 Å². The van der Waals surface area contributed by atoms with E-state index in [1.807, 2.05) is 96.1 Å². The summed E-state index contributed by atoms with van der Waals surface area (Å²) in [5.74, 6) is 0.524. The molecular weight excluding hydrogens is 436 g/mol.